The Bertz CT molecular complexity index is 674. The van der Waals surface area contributed by atoms with Crippen molar-refractivity contribution in [1.29, 1.82) is 0 Å². The van der Waals surface area contributed by atoms with Gasteiger partial charge < -0.3 is 10.1 Å². The Hall–Kier alpha value is -1.88. The van der Waals surface area contributed by atoms with E-state index in [9.17, 15) is 4.39 Å². The Morgan fingerprint density at radius 1 is 1.25 bits per heavy atom. The summed E-state index contributed by atoms with van der Waals surface area (Å²) in [6.07, 6.45) is 1.00. The van der Waals surface area contributed by atoms with Crippen LogP contribution in [-0.4, -0.2) is 16.8 Å². The van der Waals surface area contributed by atoms with Crippen LogP contribution in [0.4, 0.5) is 4.39 Å². The van der Waals surface area contributed by atoms with Crippen molar-refractivity contribution in [1.82, 2.24) is 15.1 Å². The summed E-state index contributed by atoms with van der Waals surface area (Å²) in [6, 6.07) is 6.72. The molecule has 0 saturated heterocycles. The quantitative estimate of drug-likeness (QED) is 0.830. The molecule has 4 nitrogen and oxygen atoms in total. The van der Waals surface area contributed by atoms with E-state index in [-0.39, 0.29) is 11.2 Å². The van der Waals surface area contributed by atoms with Crippen molar-refractivity contribution in [2.24, 2.45) is 5.41 Å². The lowest BCUT2D eigenvalue weighted by atomic mass is 9.92. The minimum Gasteiger partial charge on any atom is -0.473 e. The van der Waals surface area contributed by atoms with Crippen molar-refractivity contribution in [3.8, 4) is 5.88 Å². The topological polar surface area (TPSA) is 39.1 Å². The SMILES string of the molecule is CNCc1cc(OCc2cc(F)ccc2C)n(CCC(C)(C)C)n1. The predicted molar refractivity (Wildman–Crippen MR) is 94.5 cm³/mol. The molecule has 1 aromatic heterocycles. The van der Waals surface area contributed by atoms with Gasteiger partial charge in [-0.25, -0.2) is 9.07 Å². The molecule has 2 aromatic rings. The van der Waals surface area contributed by atoms with Gasteiger partial charge in [-0.1, -0.05) is 26.8 Å². The summed E-state index contributed by atoms with van der Waals surface area (Å²) in [4.78, 5) is 0. The third-order valence-electron chi connectivity index (χ3n) is 3.91. The van der Waals surface area contributed by atoms with Crippen molar-refractivity contribution >= 4 is 0 Å². The fourth-order valence-electron chi connectivity index (χ4n) is 2.38. The van der Waals surface area contributed by atoms with Crippen LogP contribution in [0, 0.1) is 18.2 Å². The standard InChI is InChI=1S/C19H28FN3O/c1-14-6-7-16(20)10-15(14)13-24-18-11-17(12-21-5)22-23(18)9-8-19(2,3)4/h6-7,10-11,21H,8-9,12-13H2,1-5H3. The molecule has 2 rings (SSSR count). The Morgan fingerprint density at radius 2 is 2.00 bits per heavy atom. The second-order valence-electron chi connectivity index (χ2n) is 7.40. The van der Waals surface area contributed by atoms with Crippen LogP contribution in [0.5, 0.6) is 5.88 Å². The van der Waals surface area contributed by atoms with Gasteiger partial charge in [0, 0.05) is 19.2 Å². The minimum absolute atomic E-state index is 0.228. The van der Waals surface area contributed by atoms with E-state index in [0.29, 0.717) is 13.2 Å². The van der Waals surface area contributed by atoms with E-state index in [1.54, 1.807) is 6.07 Å². The third kappa shape index (κ3) is 5.34. The second kappa shape index (κ2) is 7.79. The van der Waals surface area contributed by atoms with Crippen LogP contribution in [0.15, 0.2) is 24.3 Å². The van der Waals surface area contributed by atoms with Crippen LogP contribution >= 0.6 is 0 Å². The first kappa shape index (κ1) is 18.5. The molecule has 0 bridgehead atoms. The van der Waals surface area contributed by atoms with Gasteiger partial charge in [-0.05, 0) is 49.1 Å². The number of aryl methyl sites for hydroxylation is 2. The van der Waals surface area contributed by atoms with Gasteiger partial charge >= 0.3 is 0 Å². The van der Waals surface area contributed by atoms with Gasteiger partial charge in [0.25, 0.3) is 0 Å². The monoisotopic (exact) mass is 333 g/mol. The Balaban J connectivity index is 2.13. The van der Waals surface area contributed by atoms with Crippen molar-refractivity contribution in [2.75, 3.05) is 7.05 Å². The molecule has 0 saturated carbocycles. The number of nitrogens with zero attached hydrogens (tertiary/aromatic N) is 2. The third-order valence-corrected chi connectivity index (χ3v) is 3.91. The zero-order valence-electron chi connectivity index (χ0n) is 15.3. The van der Waals surface area contributed by atoms with Gasteiger partial charge in [0.15, 0.2) is 0 Å². The maximum Gasteiger partial charge on any atom is 0.212 e. The van der Waals surface area contributed by atoms with E-state index in [1.807, 2.05) is 24.7 Å². The van der Waals surface area contributed by atoms with E-state index in [4.69, 9.17) is 4.74 Å². The van der Waals surface area contributed by atoms with Gasteiger partial charge in [0.1, 0.15) is 12.4 Å². The Morgan fingerprint density at radius 3 is 2.67 bits per heavy atom. The molecule has 5 heteroatoms. The highest BCUT2D eigenvalue weighted by molar-refractivity contribution is 5.26. The van der Waals surface area contributed by atoms with Crippen molar-refractivity contribution in [3.63, 3.8) is 0 Å². The number of nitrogens with one attached hydrogen (secondary N) is 1. The molecule has 132 valence electrons. The maximum absolute atomic E-state index is 13.4. The number of hydrogen-bond acceptors (Lipinski definition) is 3. The summed E-state index contributed by atoms with van der Waals surface area (Å²) < 4.78 is 21.3. The zero-order valence-corrected chi connectivity index (χ0v) is 15.3. The fourth-order valence-corrected chi connectivity index (χ4v) is 2.38. The number of hydrogen-bond donors (Lipinski definition) is 1. The van der Waals surface area contributed by atoms with Gasteiger partial charge in [-0.2, -0.15) is 5.10 Å². The highest BCUT2D eigenvalue weighted by Crippen LogP contribution is 2.23. The summed E-state index contributed by atoms with van der Waals surface area (Å²) in [7, 11) is 1.89. The minimum atomic E-state index is -0.240. The van der Waals surface area contributed by atoms with Crippen LogP contribution in [0.2, 0.25) is 0 Å². The number of aromatic nitrogens is 2. The lowest BCUT2D eigenvalue weighted by Crippen LogP contribution is -2.13. The van der Waals surface area contributed by atoms with Crippen LogP contribution in [0.1, 0.15) is 44.0 Å². The molecule has 0 aliphatic rings. The summed E-state index contributed by atoms with van der Waals surface area (Å²) in [5.74, 6) is 0.490. The van der Waals surface area contributed by atoms with Gasteiger partial charge in [0.2, 0.25) is 5.88 Å². The molecule has 0 aliphatic carbocycles. The number of benzene rings is 1. The largest absolute Gasteiger partial charge is 0.473 e. The van der Waals surface area contributed by atoms with Crippen molar-refractivity contribution in [3.05, 3.63) is 46.9 Å². The van der Waals surface area contributed by atoms with Crippen LogP contribution in [0.3, 0.4) is 0 Å². The predicted octanol–water partition coefficient (Wildman–Crippen LogP) is 4.07. The van der Waals surface area contributed by atoms with Crippen LogP contribution in [-0.2, 0) is 19.7 Å². The first-order valence-electron chi connectivity index (χ1n) is 8.37. The van der Waals surface area contributed by atoms with E-state index in [1.165, 1.54) is 12.1 Å². The average molecular weight is 333 g/mol. The van der Waals surface area contributed by atoms with Gasteiger partial charge in [-0.3, -0.25) is 0 Å². The van der Waals surface area contributed by atoms with Crippen LogP contribution in [0.25, 0.3) is 0 Å². The Labute approximate surface area is 144 Å². The molecule has 1 N–H and O–H groups in total. The van der Waals surface area contributed by atoms with Gasteiger partial charge in [-0.15, -0.1) is 0 Å². The highest BCUT2D eigenvalue weighted by Gasteiger charge is 2.14. The molecule has 0 aliphatic heterocycles. The van der Waals surface area contributed by atoms with Gasteiger partial charge in [0.05, 0.1) is 5.69 Å². The molecule has 1 heterocycles. The van der Waals surface area contributed by atoms with E-state index in [0.717, 1.165) is 35.7 Å². The molecule has 0 amide bonds. The zero-order chi connectivity index (χ0) is 17.7. The average Bonchev–Trinajstić information content (AvgIpc) is 2.88. The molecular formula is C19H28FN3O. The lowest BCUT2D eigenvalue weighted by Gasteiger charge is -2.18. The summed E-state index contributed by atoms with van der Waals surface area (Å²) in [5.41, 5.74) is 3.05. The highest BCUT2D eigenvalue weighted by atomic mass is 19.1. The van der Waals surface area contributed by atoms with E-state index >= 15 is 0 Å². The number of ether oxygens (including phenoxy) is 1. The Kier molecular flexibility index (Phi) is 5.99. The summed E-state index contributed by atoms with van der Waals surface area (Å²) in [6.45, 7) is 10.4. The molecule has 0 fully saturated rings. The second-order valence-corrected chi connectivity index (χ2v) is 7.40. The molecule has 0 atom stereocenters. The maximum atomic E-state index is 13.4. The first-order valence-corrected chi connectivity index (χ1v) is 8.37. The van der Waals surface area contributed by atoms with Crippen molar-refractivity contribution in [2.45, 2.75) is 53.8 Å². The summed E-state index contributed by atoms with van der Waals surface area (Å²) >= 11 is 0. The van der Waals surface area contributed by atoms with E-state index < -0.39 is 0 Å². The smallest absolute Gasteiger partial charge is 0.212 e. The molecule has 0 spiro atoms. The lowest BCUT2D eigenvalue weighted by molar-refractivity contribution is 0.257. The molecule has 0 radical (unpaired) electrons. The number of rotatable bonds is 7. The molecule has 0 unspecified atom stereocenters. The van der Waals surface area contributed by atoms with Crippen LogP contribution < -0.4 is 10.1 Å². The normalized spacial score (nSPS) is 11.8. The fraction of sp³-hybridized carbons (Fsp3) is 0.526. The van der Waals surface area contributed by atoms with E-state index in [2.05, 4.69) is 31.2 Å². The molecule has 24 heavy (non-hydrogen) atoms. The molecule has 1 aromatic carbocycles. The summed E-state index contributed by atoms with van der Waals surface area (Å²) in [5, 5.41) is 7.72. The number of halogens is 1. The molecular weight excluding hydrogens is 305 g/mol. The van der Waals surface area contributed by atoms with Crippen molar-refractivity contribution < 1.29 is 9.13 Å². The first-order chi connectivity index (χ1) is 11.3.